The van der Waals surface area contributed by atoms with E-state index >= 15 is 0 Å². The minimum absolute atomic E-state index is 0.898. The third kappa shape index (κ3) is 4.72. The van der Waals surface area contributed by atoms with Crippen molar-refractivity contribution in [1.82, 2.24) is 27.7 Å². The number of nitrogens with zero attached hydrogens (tertiary/aromatic N) is 6. The highest BCUT2D eigenvalue weighted by Gasteiger charge is 2.24. The van der Waals surface area contributed by atoms with Crippen LogP contribution in [0.4, 0.5) is 0 Å². The van der Waals surface area contributed by atoms with Crippen LogP contribution in [0.1, 0.15) is 0 Å². The molecular weight excluding hydrogens is 849 g/mol. The van der Waals surface area contributed by atoms with E-state index in [-0.39, 0.29) is 0 Å². The van der Waals surface area contributed by atoms with E-state index in [2.05, 4.69) is 241 Å². The first kappa shape index (κ1) is 36.3. The van der Waals surface area contributed by atoms with E-state index in [9.17, 15) is 0 Å². The molecule has 0 bridgehead atoms. The van der Waals surface area contributed by atoms with Gasteiger partial charge >= 0.3 is 0 Å². The first-order valence-corrected chi connectivity index (χ1v) is 24.0. The second-order valence-electron chi connectivity index (χ2n) is 17.9. The summed E-state index contributed by atoms with van der Waals surface area (Å²) in [5, 5.41) is 9.89. The molecule has 0 N–H and O–H groups in total. The maximum atomic E-state index is 5.72. The van der Waals surface area contributed by atoms with Crippen molar-refractivity contribution in [3.63, 3.8) is 0 Å². The van der Waals surface area contributed by atoms with Gasteiger partial charge in [-0.25, -0.2) is 4.98 Å². The van der Waals surface area contributed by atoms with Gasteiger partial charge in [-0.3, -0.25) is 8.97 Å². The molecule has 16 aromatic rings. The number of benzene rings is 10. The van der Waals surface area contributed by atoms with Crippen molar-refractivity contribution < 1.29 is 0 Å². The molecule has 0 aliphatic rings. The molecule has 0 radical (unpaired) electrons. The van der Waals surface area contributed by atoms with Crippen LogP contribution in [-0.2, 0) is 0 Å². The van der Waals surface area contributed by atoms with Gasteiger partial charge in [0.05, 0.1) is 60.0 Å². The van der Waals surface area contributed by atoms with Crippen molar-refractivity contribution >= 4 is 125 Å². The molecule has 0 saturated heterocycles. The van der Waals surface area contributed by atoms with Gasteiger partial charge in [-0.2, -0.15) is 0 Å². The van der Waals surface area contributed by atoms with Crippen LogP contribution in [0, 0.1) is 0 Å². The molecule has 0 amide bonds. The predicted octanol–water partition coefficient (Wildman–Crippen LogP) is 16.1. The molecule has 0 spiro atoms. The van der Waals surface area contributed by atoms with Gasteiger partial charge in [-0.05, 0) is 97.1 Å². The molecule has 0 atom stereocenters. The number of aromatic nitrogens is 6. The molecule has 6 aromatic heterocycles. The third-order valence-electron chi connectivity index (χ3n) is 14.5. The Morgan fingerprint density at radius 3 is 1.51 bits per heavy atom. The van der Waals surface area contributed by atoms with Crippen LogP contribution < -0.4 is 0 Å². The Morgan fingerprint density at radius 2 is 0.809 bits per heavy atom. The zero-order chi connectivity index (χ0) is 44.2. The average Bonchev–Trinajstić information content (AvgIpc) is 4.24. The van der Waals surface area contributed by atoms with Crippen molar-refractivity contribution in [2.75, 3.05) is 0 Å². The molecular formula is C61H36N6S. The van der Waals surface area contributed by atoms with Crippen molar-refractivity contribution in [3.8, 4) is 22.7 Å². The highest BCUT2D eigenvalue weighted by atomic mass is 32.1. The van der Waals surface area contributed by atoms with E-state index in [0.29, 0.717) is 0 Å². The fourth-order valence-corrected chi connectivity index (χ4v) is 12.9. The van der Waals surface area contributed by atoms with Crippen LogP contribution in [-0.4, -0.2) is 27.7 Å². The molecule has 6 heterocycles. The fourth-order valence-electron chi connectivity index (χ4n) is 11.7. The maximum Gasteiger partial charge on any atom is 0.220 e. The largest absolute Gasteiger partial charge is 0.309 e. The zero-order valence-electron chi connectivity index (χ0n) is 36.4. The van der Waals surface area contributed by atoms with Gasteiger partial charge < -0.3 is 13.7 Å². The van der Waals surface area contributed by atoms with Crippen molar-refractivity contribution in [1.29, 1.82) is 0 Å². The minimum atomic E-state index is 0.898. The van der Waals surface area contributed by atoms with E-state index in [0.717, 1.165) is 67.1 Å². The smallest absolute Gasteiger partial charge is 0.220 e. The zero-order valence-corrected chi connectivity index (χ0v) is 37.2. The van der Waals surface area contributed by atoms with Crippen molar-refractivity contribution in [2.45, 2.75) is 0 Å². The van der Waals surface area contributed by atoms with Gasteiger partial charge in [0.25, 0.3) is 0 Å². The third-order valence-corrected chi connectivity index (χ3v) is 15.7. The molecule has 68 heavy (non-hydrogen) atoms. The Hall–Kier alpha value is -8.91. The number of imidazole rings is 2. The summed E-state index contributed by atoms with van der Waals surface area (Å²) >= 11 is 1.85. The van der Waals surface area contributed by atoms with Crippen LogP contribution in [0.15, 0.2) is 218 Å². The Balaban J connectivity index is 0.936. The number of rotatable bonds is 4. The summed E-state index contributed by atoms with van der Waals surface area (Å²) in [7, 11) is 0. The minimum Gasteiger partial charge on any atom is -0.309 e. The second-order valence-corrected chi connectivity index (χ2v) is 19.0. The van der Waals surface area contributed by atoms with E-state index in [4.69, 9.17) is 4.98 Å². The van der Waals surface area contributed by atoms with Crippen LogP contribution >= 0.6 is 11.3 Å². The van der Waals surface area contributed by atoms with Crippen LogP contribution in [0.5, 0.6) is 0 Å². The van der Waals surface area contributed by atoms with Gasteiger partial charge in [0, 0.05) is 64.9 Å². The lowest BCUT2D eigenvalue weighted by Gasteiger charge is -2.13. The first-order chi connectivity index (χ1) is 33.8. The summed E-state index contributed by atoms with van der Waals surface area (Å²) < 4.78 is 14.6. The van der Waals surface area contributed by atoms with E-state index in [1.807, 2.05) is 11.3 Å². The van der Waals surface area contributed by atoms with Gasteiger partial charge in [0.15, 0.2) is 0 Å². The quantitative estimate of drug-likeness (QED) is 0.173. The number of fused-ring (bicyclic) bond motifs is 18. The van der Waals surface area contributed by atoms with E-state index in [1.54, 1.807) is 0 Å². The molecule has 0 aliphatic heterocycles. The number of hydrogen-bond donors (Lipinski definition) is 0. The Kier molecular flexibility index (Phi) is 7.13. The van der Waals surface area contributed by atoms with Gasteiger partial charge in [-0.1, -0.05) is 121 Å². The van der Waals surface area contributed by atoms with Crippen LogP contribution in [0.2, 0.25) is 0 Å². The SMILES string of the molecule is c1cc(-n2c3ccccc3c3cc(-n4c5ccccc5c5ccccc54)ccc32)cc(-n2c3ccccc3c3ccc4c(nc5n(-c6cccc7c6sc6ccccc67)c6ccccc6n45)c32)c1. The van der Waals surface area contributed by atoms with E-state index < -0.39 is 0 Å². The van der Waals surface area contributed by atoms with E-state index in [1.165, 1.54) is 69.0 Å². The number of thiophene rings is 1. The Morgan fingerprint density at radius 1 is 0.309 bits per heavy atom. The number of para-hydroxylation sites is 6. The molecule has 0 saturated carbocycles. The normalized spacial score (nSPS) is 12.4. The standard InChI is InChI=1S/C61H36N6S/c1-6-23-48-40(17-1)41-18-2-7-24-49(41)64(48)39-31-33-52-47(36-39)43-20-4-8-25-50(43)63(52)37-15-13-16-38(35-37)65-51-26-9-3-19-42(51)45-32-34-55-58(59(45)65)62-61-66(55)53-27-10-11-28-54(53)67(61)56-29-14-22-46-44-21-5-12-30-57(44)68-60(46)56/h1-36H. The lowest BCUT2D eigenvalue weighted by atomic mass is 10.1. The van der Waals surface area contributed by atoms with Crippen LogP contribution in [0.25, 0.3) is 136 Å². The van der Waals surface area contributed by atoms with Gasteiger partial charge in [0.1, 0.15) is 5.52 Å². The summed E-state index contributed by atoms with van der Waals surface area (Å²) in [4.78, 5) is 5.72. The predicted molar refractivity (Wildman–Crippen MR) is 285 cm³/mol. The van der Waals surface area contributed by atoms with Gasteiger partial charge in [-0.15, -0.1) is 11.3 Å². The summed E-state index contributed by atoms with van der Waals surface area (Å²) in [5.41, 5.74) is 15.7. The highest BCUT2D eigenvalue weighted by Crippen LogP contribution is 2.43. The summed E-state index contributed by atoms with van der Waals surface area (Å²) in [5.74, 6) is 0.898. The van der Waals surface area contributed by atoms with Crippen molar-refractivity contribution in [3.05, 3.63) is 218 Å². The fraction of sp³-hybridized carbons (Fsp3) is 0. The topological polar surface area (TPSA) is 37.0 Å². The Labute approximate surface area is 391 Å². The second kappa shape index (κ2) is 13.3. The monoisotopic (exact) mass is 884 g/mol. The highest BCUT2D eigenvalue weighted by molar-refractivity contribution is 7.26. The van der Waals surface area contributed by atoms with Gasteiger partial charge in [0.2, 0.25) is 5.78 Å². The summed E-state index contributed by atoms with van der Waals surface area (Å²) in [6.45, 7) is 0. The summed E-state index contributed by atoms with van der Waals surface area (Å²) in [6, 6.07) is 79.8. The molecule has 10 aromatic carbocycles. The molecule has 0 aliphatic carbocycles. The molecule has 7 heteroatoms. The maximum absolute atomic E-state index is 5.72. The molecule has 16 rings (SSSR count). The first-order valence-electron chi connectivity index (χ1n) is 23.1. The number of hydrogen-bond acceptors (Lipinski definition) is 2. The Bertz CT molecular complexity index is 4760. The molecule has 316 valence electrons. The summed E-state index contributed by atoms with van der Waals surface area (Å²) in [6.07, 6.45) is 0. The molecule has 0 fully saturated rings. The lowest BCUT2D eigenvalue weighted by Crippen LogP contribution is -1.99. The molecule has 0 unspecified atom stereocenters. The average molecular weight is 885 g/mol. The van der Waals surface area contributed by atoms with Crippen LogP contribution in [0.3, 0.4) is 0 Å². The molecule has 6 nitrogen and oxygen atoms in total. The van der Waals surface area contributed by atoms with Crippen molar-refractivity contribution in [2.24, 2.45) is 0 Å². The lowest BCUT2D eigenvalue weighted by molar-refractivity contribution is 1.12.